The summed E-state index contributed by atoms with van der Waals surface area (Å²) in [5, 5.41) is 8.89. The largest absolute Gasteiger partial charge is 0.396 e. The monoisotopic (exact) mass is 313 g/mol. The van der Waals surface area contributed by atoms with Gasteiger partial charge in [-0.05, 0) is 42.9 Å². The summed E-state index contributed by atoms with van der Waals surface area (Å²) in [6.45, 7) is 1.76. The first-order chi connectivity index (χ1) is 10.1. The first-order valence-electron chi connectivity index (χ1n) is 7.27. The average Bonchev–Trinajstić information content (AvgIpc) is 2.49. The molecule has 5 nitrogen and oxygen atoms in total. The molecule has 0 spiro atoms. The molecule has 1 heterocycles. The number of benzene rings is 1. The topological polar surface area (TPSA) is 66.8 Å². The number of aliphatic hydroxyl groups excluding tert-OH is 1. The summed E-state index contributed by atoms with van der Waals surface area (Å²) in [7, 11) is -1.78. The number of aliphatic hydroxyl groups is 1. The fraction of sp³-hybridized carbons (Fsp3) is 0.600. The van der Waals surface area contributed by atoms with Gasteiger partial charge in [-0.2, -0.15) is 4.31 Å². The smallest absolute Gasteiger partial charge is 0.243 e. The Morgan fingerprint density at radius 3 is 2.67 bits per heavy atom. The highest BCUT2D eigenvalue weighted by atomic mass is 32.2. The number of sulfonamides is 1. The summed E-state index contributed by atoms with van der Waals surface area (Å²) in [6, 6.07) is 6.78. The molecule has 2 rings (SSSR count). The van der Waals surface area contributed by atoms with Gasteiger partial charge in [0.05, 0.1) is 11.5 Å². The first kappa shape index (κ1) is 16.4. The number of methoxy groups -OCH3 is 1. The number of hydrogen-bond donors (Lipinski definition) is 1. The second-order valence-corrected chi connectivity index (χ2v) is 7.38. The fourth-order valence-electron chi connectivity index (χ4n) is 2.72. The highest BCUT2D eigenvalue weighted by Gasteiger charge is 2.30. The lowest BCUT2D eigenvalue weighted by Crippen LogP contribution is -2.41. The van der Waals surface area contributed by atoms with E-state index in [1.807, 2.05) is 0 Å². The van der Waals surface area contributed by atoms with Crippen LogP contribution in [0.1, 0.15) is 18.4 Å². The summed E-state index contributed by atoms with van der Waals surface area (Å²) in [6.07, 6.45) is 2.42. The van der Waals surface area contributed by atoms with Crippen LogP contribution in [0.5, 0.6) is 0 Å². The molecule has 1 aromatic carbocycles. The molecule has 0 radical (unpaired) electrons. The molecule has 0 saturated carbocycles. The van der Waals surface area contributed by atoms with Crippen molar-refractivity contribution in [3.63, 3.8) is 0 Å². The van der Waals surface area contributed by atoms with Gasteiger partial charge in [0.1, 0.15) is 0 Å². The van der Waals surface area contributed by atoms with Crippen molar-refractivity contribution >= 4 is 10.0 Å². The normalized spacial score (nSPS) is 20.6. The van der Waals surface area contributed by atoms with Gasteiger partial charge < -0.3 is 9.84 Å². The third-order valence-electron chi connectivity index (χ3n) is 3.85. The van der Waals surface area contributed by atoms with E-state index in [4.69, 9.17) is 9.84 Å². The van der Waals surface area contributed by atoms with E-state index in [2.05, 4.69) is 0 Å². The Bertz CT molecular complexity index is 539. The van der Waals surface area contributed by atoms with Gasteiger partial charge in [-0.1, -0.05) is 12.1 Å². The van der Waals surface area contributed by atoms with E-state index in [0.29, 0.717) is 31.0 Å². The first-order valence-corrected chi connectivity index (χ1v) is 8.71. The third-order valence-corrected chi connectivity index (χ3v) is 5.73. The molecule has 0 bridgehead atoms. The van der Waals surface area contributed by atoms with Gasteiger partial charge in [-0.3, -0.25) is 0 Å². The second kappa shape index (κ2) is 7.35. The van der Waals surface area contributed by atoms with Crippen LogP contribution in [-0.2, 0) is 21.2 Å². The van der Waals surface area contributed by atoms with Gasteiger partial charge >= 0.3 is 0 Å². The molecule has 6 heteroatoms. The van der Waals surface area contributed by atoms with Gasteiger partial charge in [-0.25, -0.2) is 8.42 Å². The Labute approximate surface area is 126 Å². The average molecular weight is 313 g/mol. The maximum absolute atomic E-state index is 12.6. The van der Waals surface area contributed by atoms with Crippen molar-refractivity contribution in [2.45, 2.75) is 24.2 Å². The minimum atomic E-state index is -3.43. The minimum Gasteiger partial charge on any atom is -0.396 e. The number of piperidine rings is 1. The van der Waals surface area contributed by atoms with Gasteiger partial charge in [0.2, 0.25) is 10.0 Å². The van der Waals surface area contributed by atoms with Crippen molar-refractivity contribution < 1.29 is 18.3 Å². The Morgan fingerprint density at radius 2 is 2.05 bits per heavy atom. The maximum atomic E-state index is 12.6. The van der Waals surface area contributed by atoms with Crippen molar-refractivity contribution in [1.82, 2.24) is 4.31 Å². The van der Waals surface area contributed by atoms with E-state index in [1.165, 1.54) is 0 Å². The summed E-state index contributed by atoms with van der Waals surface area (Å²) in [5.74, 6) is 0.271. The molecular formula is C15H23NO4S. The van der Waals surface area contributed by atoms with Crippen LogP contribution < -0.4 is 0 Å². The van der Waals surface area contributed by atoms with Crippen molar-refractivity contribution in [2.75, 3.05) is 33.4 Å². The van der Waals surface area contributed by atoms with E-state index < -0.39 is 10.0 Å². The van der Waals surface area contributed by atoms with E-state index in [0.717, 1.165) is 18.4 Å². The number of rotatable bonds is 6. The predicted octanol–water partition coefficient (Wildman–Crippen LogP) is 1.27. The van der Waals surface area contributed by atoms with Crippen LogP contribution in [0.3, 0.4) is 0 Å². The zero-order chi connectivity index (χ0) is 15.3. The van der Waals surface area contributed by atoms with Gasteiger partial charge in [0, 0.05) is 26.8 Å². The molecule has 1 N–H and O–H groups in total. The minimum absolute atomic E-state index is 0.0664. The molecule has 1 fully saturated rings. The van der Waals surface area contributed by atoms with Crippen LogP contribution in [0.2, 0.25) is 0 Å². The number of hydrogen-bond acceptors (Lipinski definition) is 4. The molecule has 118 valence electrons. The van der Waals surface area contributed by atoms with Crippen LogP contribution >= 0.6 is 0 Å². The lowest BCUT2D eigenvalue weighted by molar-refractivity contribution is 0.118. The fourth-order valence-corrected chi connectivity index (χ4v) is 4.28. The van der Waals surface area contributed by atoms with Crippen LogP contribution in [0, 0.1) is 5.92 Å². The number of nitrogens with zero attached hydrogens (tertiary/aromatic N) is 1. The lowest BCUT2D eigenvalue weighted by atomic mass is 10.0. The maximum Gasteiger partial charge on any atom is 0.243 e. The molecule has 0 amide bonds. The quantitative estimate of drug-likeness (QED) is 0.859. The van der Waals surface area contributed by atoms with Crippen LogP contribution in [-0.4, -0.2) is 51.2 Å². The van der Waals surface area contributed by atoms with Gasteiger partial charge in [0.15, 0.2) is 0 Å². The van der Waals surface area contributed by atoms with Crippen molar-refractivity contribution in [2.24, 2.45) is 5.92 Å². The summed E-state index contributed by atoms with van der Waals surface area (Å²) >= 11 is 0. The Morgan fingerprint density at radius 1 is 1.33 bits per heavy atom. The summed E-state index contributed by atoms with van der Waals surface area (Å²) in [4.78, 5) is 0.322. The van der Waals surface area contributed by atoms with Crippen molar-refractivity contribution in [3.05, 3.63) is 29.8 Å². The second-order valence-electron chi connectivity index (χ2n) is 5.44. The molecule has 1 aliphatic heterocycles. The third kappa shape index (κ3) is 4.03. The molecule has 21 heavy (non-hydrogen) atoms. The zero-order valence-corrected chi connectivity index (χ0v) is 13.2. The Hall–Kier alpha value is -0.950. The van der Waals surface area contributed by atoms with E-state index >= 15 is 0 Å². The zero-order valence-electron chi connectivity index (χ0n) is 12.4. The summed E-state index contributed by atoms with van der Waals surface area (Å²) in [5.41, 5.74) is 0.937. The Kier molecular flexibility index (Phi) is 5.75. The van der Waals surface area contributed by atoms with Gasteiger partial charge in [-0.15, -0.1) is 0 Å². The van der Waals surface area contributed by atoms with Gasteiger partial charge in [0.25, 0.3) is 0 Å². The van der Waals surface area contributed by atoms with Crippen LogP contribution in [0.4, 0.5) is 0 Å². The molecule has 1 atom stereocenters. The number of ether oxygens (including phenoxy) is 1. The molecule has 1 aromatic rings. The van der Waals surface area contributed by atoms with E-state index in [9.17, 15) is 8.42 Å². The molecule has 1 saturated heterocycles. The van der Waals surface area contributed by atoms with E-state index in [-0.39, 0.29) is 12.5 Å². The van der Waals surface area contributed by atoms with E-state index in [1.54, 1.807) is 35.7 Å². The van der Waals surface area contributed by atoms with Crippen LogP contribution in [0.15, 0.2) is 29.2 Å². The molecule has 1 aliphatic rings. The van der Waals surface area contributed by atoms with Crippen molar-refractivity contribution in [1.29, 1.82) is 0 Å². The molecular weight excluding hydrogens is 290 g/mol. The summed E-state index contributed by atoms with van der Waals surface area (Å²) < 4.78 is 32.0. The van der Waals surface area contributed by atoms with Crippen molar-refractivity contribution in [3.8, 4) is 0 Å². The molecule has 0 aromatic heterocycles. The van der Waals surface area contributed by atoms with Crippen LogP contribution in [0.25, 0.3) is 0 Å². The lowest BCUT2D eigenvalue weighted by Gasteiger charge is -2.31. The molecule has 1 unspecified atom stereocenters. The SMILES string of the molecule is COCC1CCCN(S(=O)(=O)c2ccc(CCO)cc2)C1. The highest BCUT2D eigenvalue weighted by molar-refractivity contribution is 7.89. The standard InChI is InChI=1S/C15H23NO4S/c1-20-12-14-3-2-9-16(11-14)21(18,19)15-6-4-13(5-7-15)8-10-17/h4-7,14,17H,2-3,8-12H2,1H3. The molecule has 0 aliphatic carbocycles. The predicted molar refractivity (Wildman–Crippen MR) is 80.6 cm³/mol. The Balaban J connectivity index is 2.13. The highest BCUT2D eigenvalue weighted by Crippen LogP contribution is 2.24.